The maximum atomic E-state index is 5.59. The van der Waals surface area contributed by atoms with Crippen molar-refractivity contribution in [2.45, 2.75) is 39.0 Å². The fourth-order valence-corrected chi connectivity index (χ4v) is 2.07. The van der Waals surface area contributed by atoms with E-state index in [4.69, 9.17) is 11.6 Å². The fourth-order valence-electron chi connectivity index (χ4n) is 1.24. The molecule has 1 aromatic heterocycles. The van der Waals surface area contributed by atoms with Gasteiger partial charge < -0.3 is 5.32 Å². The lowest BCUT2D eigenvalue weighted by atomic mass is 10.2. The first-order valence-corrected chi connectivity index (χ1v) is 6.80. The third-order valence-corrected chi connectivity index (χ3v) is 3.01. The average molecular weight is 248 g/mol. The number of hydrogen-bond donors (Lipinski definition) is 1. The zero-order valence-corrected chi connectivity index (χ0v) is 10.7. The van der Waals surface area contributed by atoms with E-state index in [2.05, 4.69) is 21.6 Å². The molecule has 0 aromatic carbocycles. The van der Waals surface area contributed by atoms with Gasteiger partial charge in [0.15, 0.2) is 0 Å². The van der Waals surface area contributed by atoms with Crippen LogP contribution in [0.25, 0.3) is 0 Å². The highest BCUT2D eigenvalue weighted by Gasteiger charge is 2.01. The van der Waals surface area contributed by atoms with Gasteiger partial charge in [-0.15, -0.1) is 11.6 Å². The van der Waals surface area contributed by atoms with Crippen molar-refractivity contribution >= 4 is 28.3 Å². The lowest BCUT2D eigenvalue weighted by Gasteiger charge is -2.00. The molecule has 0 aliphatic heterocycles. The summed E-state index contributed by atoms with van der Waals surface area (Å²) < 4.78 is 4.27. The van der Waals surface area contributed by atoms with Crippen LogP contribution in [0.2, 0.25) is 0 Å². The Morgan fingerprint density at radius 3 is 2.93 bits per heavy atom. The molecule has 3 nitrogen and oxygen atoms in total. The molecule has 1 rings (SSSR count). The van der Waals surface area contributed by atoms with Crippen molar-refractivity contribution in [2.75, 3.05) is 17.7 Å². The largest absolute Gasteiger partial charge is 0.360 e. The number of nitrogens with zero attached hydrogens (tertiary/aromatic N) is 2. The molecule has 1 aromatic rings. The molecule has 0 saturated carbocycles. The Labute approximate surface area is 100 Å². The van der Waals surface area contributed by atoms with Crippen LogP contribution >= 0.6 is 23.1 Å². The van der Waals surface area contributed by atoms with Crippen LogP contribution in [0.15, 0.2) is 0 Å². The highest BCUT2D eigenvalue weighted by molar-refractivity contribution is 7.09. The van der Waals surface area contributed by atoms with E-state index in [1.165, 1.54) is 18.0 Å². The molecule has 5 heteroatoms. The van der Waals surface area contributed by atoms with Crippen molar-refractivity contribution in [1.29, 1.82) is 0 Å². The zero-order valence-electron chi connectivity index (χ0n) is 9.13. The molecule has 0 radical (unpaired) electrons. The van der Waals surface area contributed by atoms with E-state index in [1.54, 1.807) is 0 Å². The minimum absolute atomic E-state index is 0.763. The Morgan fingerprint density at radius 2 is 2.20 bits per heavy atom. The maximum absolute atomic E-state index is 5.59. The Morgan fingerprint density at radius 1 is 1.33 bits per heavy atom. The Balaban J connectivity index is 2.14. The van der Waals surface area contributed by atoms with Gasteiger partial charge in [0.25, 0.3) is 0 Å². The van der Waals surface area contributed by atoms with Crippen molar-refractivity contribution in [3.05, 3.63) is 5.82 Å². The normalized spacial score (nSPS) is 10.5. The number of aryl methyl sites for hydroxylation is 1. The van der Waals surface area contributed by atoms with Crippen molar-refractivity contribution in [2.24, 2.45) is 0 Å². The number of alkyl halides is 1. The van der Waals surface area contributed by atoms with Crippen LogP contribution in [-0.4, -0.2) is 21.8 Å². The Bertz CT molecular complexity index is 265. The molecular formula is C10H18ClN3S. The van der Waals surface area contributed by atoms with E-state index in [0.29, 0.717) is 0 Å². The summed E-state index contributed by atoms with van der Waals surface area (Å²) in [5, 5.41) is 4.23. The van der Waals surface area contributed by atoms with Gasteiger partial charge in [0, 0.05) is 30.4 Å². The van der Waals surface area contributed by atoms with Crippen molar-refractivity contribution in [1.82, 2.24) is 9.36 Å². The van der Waals surface area contributed by atoms with Gasteiger partial charge in [-0.05, 0) is 19.3 Å². The molecule has 0 saturated heterocycles. The first-order chi connectivity index (χ1) is 7.36. The molecule has 86 valence electrons. The van der Waals surface area contributed by atoms with E-state index in [9.17, 15) is 0 Å². The summed E-state index contributed by atoms with van der Waals surface area (Å²) in [6, 6.07) is 0. The zero-order chi connectivity index (χ0) is 10.9. The predicted molar refractivity (Wildman–Crippen MR) is 67.0 cm³/mol. The number of hydrogen-bond acceptors (Lipinski definition) is 4. The van der Waals surface area contributed by atoms with Crippen LogP contribution in [0.3, 0.4) is 0 Å². The molecule has 0 fully saturated rings. The van der Waals surface area contributed by atoms with Crippen LogP contribution in [0.1, 0.15) is 38.4 Å². The van der Waals surface area contributed by atoms with Gasteiger partial charge in [0.2, 0.25) is 5.13 Å². The summed E-state index contributed by atoms with van der Waals surface area (Å²) in [6.07, 6.45) is 5.50. The molecule has 0 spiro atoms. The van der Waals surface area contributed by atoms with Gasteiger partial charge >= 0.3 is 0 Å². The second-order valence-electron chi connectivity index (χ2n) is 3.44. The number of anilines is 1. The highest BCUT2D eigenvalue weighted by Crippen LogP contribution is 2.12. The molecule has 1 heterocycles. The van der Waals surface area contributed by atoms with E-state index in [1.807, 2.05) is 0 Å². The van der Waals surface area contributed by atoms with Gasteiger partial charge in [-0.2, -0.15) is 4.37 Å². The fraction of sp³-hybridized carbons (Fsp3) is 0.800. The van der Waals surface area contributed by atoms with Crippen LogP contribution < -0.4 is 5.32 Å². The summed E-state index contributed by atoms with van der Waals surface area (Å²) >= 11 is 7.05. The summed E-state index contributed by atoms with van der Waals surface area (Å²) in [7, 11) is 0. The molecule has 0 atom stereocenters. The van der Waals surface area contributed by atoms with E-state index in [-0.39, 0.29) is 0 Å². The van der Waals surface area contributed by atoms with E-state index < -0.39 is 0 Å². The number of halogens is 1. The minimum Gasteiger partial charge on any atom is -0.360 e. The first-order valence-electron chi connectivity index (χ1n) is 5.49. The Hall–Kier alpha value is -0.350. The minimum atomic E-state index is 0.763. The lowest BCUT2D eigenvalue weighted by molar-refractivity contribution is 0.746. The number of aromatic nitrogens is 2. The van der Waals surface area contributed by atoms with Crippen LogP contribution in [-0.2, 0) is 6.42 Å². The van der Waals surface area contributed by atoms with Crippen molar-refractivity contribution in [3.63, 3.8) is 0 Å². The predicted octanol–water partition coefficient (Wildman–Crippen LogP) is 3.31. The Kier molecular flexibility index (Phi) is 6.68. The number of rotatable bonds is 8. The van der Waals surface area contributed by atoms with Crippen LogP contribution in [0.4, 0.5) is 5.13 Å². The molecule has 0 amide bonds. The first kappa shape index (κ1) is 12.7. The number of nitrogens with one attached hydrogen (secondary N) is 1. The van der Waals surface area contributed by atoms with Crippen molar-refractivity contribution < 1.29 is 0 Å². The molecule has 0 aliphatic rings. The quantitative estimate of drug-likeness (QED) is 0.566. The van der Waals surface area contributed by atoms with Gasteiger partial charge in [0.05, 0.1) is 0 Å². The standard InChI is InChI=1S/C10H18ClN3S/c1-2-6-9-13-10(15-14-9)12-8-5-3-4-7-11/h2-8H2,1H3,(H,12,13,14). The van der Waals surface area contributed by atoms with Crippen LogP contribution in [0.5, 0.6) is 0 Å². The van der Waals surface area contributed by atoms with Crippen LogP contribution in [0, 0.1) is 0 Å². The second-order valence-corrected chi connectivity index (χ2v) is 4.57. The molecule has 0 unspecified atom stereocenters. The highest BCUT2D eigenvalue weighted by atomic mass is 35.5. The summed E-state index contributed by atoms with van der Waals surface area (Å²) in [6.45, 7) is 3.11. The monoisotopic (exact) mass is 247 g/mol. The molecule has 0 bridgehead atoms. The van der Waals surface area contributed by atoms with Crippen molar-refractivity contribution in [3.8, 4) is 0 Å². The molecule has 0 aliphatic carbocycles. The van der Waals surface area contributed by atoms with Gasteiger partial charge in [-0.1, -0.05) is 13.3 Å². The molecule has 1 N–H and O–H groups in total. The summed E-state index contributed by atoms with van der Waals surface area (Å²) in [5.41, 5.74) is 0. The van der Waals surface area contributed by atoms with Gasteiger partial charge in [0.1, 0.15) is 5.82 Å². The summed E-state index contributed by atoms with van der Waals surface area (Å²) in [4.78, 5) is 4.39. The second kappa shape index (κ2) is 7.88. The van der Waals surface area contributed by atoms with E-state index in [0.717, 1.165) is 49.1 Å². The van der Waals surface area contributed by atoms with Gasteiger partial charge in [-0.3, -0.25) is 0 Å². The average Bonchev–Trinajstić information content (AvgIpc) is 2.66. The SMILES string of the molecule is CCCc1nsc(NCCCCCCl)n1. The smallest absolute Gasteiger partial charge is 0.202 e. The molecular weight excluding hydrogens is 230 g/mol. The van der Waals surface area contributed by atoms with E-state index >= 15 is 0 Å². The molecule has 15 heavy (non-hydrogen) atoms. The third-order valence-electron chi connectivity index (χ3n) is 2.03. The topological polar surface area (TPSA) is 37.8 Å². The van der Waals surface area contributed by atoms with Gasteiger partial charge in [-0.25, -0.2) is 4.98 Å². The number of unbranched alkanes of at least 4 members (excludes halogenated alkanes) is 2. The lowest BCUT2D eigenvalue weighted by Crippen LogP contribution is -2.01. The summed E-state index contributed by atoms with van der Waals surface area (Å²) in [5.74, 6) is 1.73. The maximum Gasteiger partial charge on any atom is 0.202 e. The third kappa shape index (κ3) is 5.33.